The molecule has 8 heteroatoms. The first-order chi connectivity index (χ1) is 8.41. The summed E-state index contributed by atoms with van der Waals surface area (Å²) in [5, 5.41) is 13.1. The first-order valence-corrected chi connectivity index (χ1v) is 5.13. The first-order valence-electron chi connectivity index (χ1n) is 4.75. The van der Waals surface area contributed by atoms with Gasteiger partial charge in [0.2, 0.25) is 11.7 Å². The SMILES string of the molecule is CC(=O)NCC#Cc1cc([N+](=O)[O-])c(N)nc1Cl. The Kier molecular flexibility index (Phi) is 4.45. The molecule has 1 amide bonds. The zero-order chi connectivity index (χ0) is 13.7. The van der Waals surface area contributed by atoms with Crippen molar-refractivity contribution in [1.29, 1.82) is 0 Å². The molecule has 7 nitrogen and oxygen atoms in total. The van der Waals surface area contributed by atoms with Crippen LogP contribution in [0.5, 0.6) is 0 Å². The fourth-order valence-corrected chi connectivity index (χ4v) is 1.23. The van der Waals surface area contributed by atoms with Gasteiger partial charge in [-0.3, -0.25) is 14.9 Å². The largest absolute Gasteiger partial charge is 0.378 e. The van der Waals surface area contributed by atoms with E-state index in [1.807, 2.05) is 0 Å². The van der Waals surface area contributed by atoms with Gasteiger partial charge in [0.15, 0.2) is 0 Å². The number of halogens is 1. The number of pyridine rings is 1. The fourth-order valence-electron chi connectivity index (χ4n) is 1.04. The van der Waals surface area contributed by atoms with Crippen LogP contribution in [0.1, 0.15) is 12.5 Å². The maximum Gasteiger partial charge on any atom is 0.312 e. The molecule has 0 unspecified atom stereocenters. The fraction of sp³-hybridized carbons (Fsp3) is 0.200. The second kappa shape index (κ2) is 5.84. The third kappa shape index (κ3) is 3.61. The van der Waals surface area contributed by atoms with Crippen molar-refractivity contribution < 1.29 is 9.72 Å². The summed E-state index contributed by atoms with van der Waals surface area (Å²) >= 11 is 5.74. The van der Waals surface area contributed by atoms with Gasteiger partial charge in [0.25, 0.3) is 0 Å². The van der Waals surface area contributed by atoms with Crippen LogP contribution < -0.4 is 11.1 Å². The molecule has 0 fully saturated rings. The Morgan fingerprint density at radius 1 is 1.72 bits per heavy atom. The van der Waals surface area contributed by atoms with E-state index in [0.29, 0.717) is 0 Å². The van der Waals surface area contributed by atoms with Gasteiger partial charge in [0.05, 0.1) is 17.0 Å². The van der Waals surface area contributed by atoms with Crippen LogP contribution in [0.2, 0.25) is 5.15 Å². The van der Waals surface area contributed by atoms with E-state index < -0.39 is 4.92 Å². The summed E-state index contributed by atoms with van der Waals surface area (Å²) in [5.74, 6) is 4.67. The summed E-state index contributed by atoms with van der Waals surface area (Å²) in [6.07, 6.45) is 0. The lowest BCUT2D eigenvalue weighted by molar-refractivity contribution is -0.384. The standard InChI is InChI=1S/C10H9ClN4O3/c1-6(16)13-4-2-3-7-5-8(15(17)18)10(12)14-9(7)11/h5H,4H2,1H3,(H2,12,14)(H,13,16). The van der Waals surface area contributed by atoms with E-state index in [1.54, 1.807) is 0 Å². The van der Waals surface area contributed by atoms with Crippen molar-refractivity contribution in [2.24, 2.45) is 0 Å². The average Bonchev–Trinajstić information content (AvgIpc) is 2.25. The Bertz CT molecular complexity index is 562. The van der Waals surface area contributed by atoms with Gasteiger partial charge in [-0.25, -0.2) is 4.98 Å². The number of hydrogen-bond donors (Lipinski definition) is 2. The molecule has 1 rings (SSSR count). The zero-order valence-corrected chi connectivity index (χ0v) is 10.1. The molecule has 0 aromatic carbocycles. The lowest BCUT2D eigenvalue weighted by Gasteiger charge is -1.99. The van der Waals surface area contributed by atoms with Gasteiger partial charge >= 0.3 is 5.69 Å². The molecule has 1 aromatic heterocycles. The maximum atomic E-state index is 10.6. The predicted molar refractivity (Wildman–Crippen MR) is 65.9 cm³/mol. The lowest BCUT2D eigenvalue weighted by atomic mass is 10.2. The highest BCUT2D eigenvalue weighted by Crippen LogP contribution is 2.24. The Morgan fingerprint density at radius 2 is 2.39 bits per heavy atom. The van der Waals surface area contributed by atoms with Crippen LogP contribution in [0, 0.1) is 22.0 Å². The van der Waals surface area contributed by atoms with E-state index in [9.17, 15) is 14.9 Å². The van der Waals surface area contributed by atoms with Crippen LogP contribution in [0.15, 0.2) is 6.07 Å². The van der Waals surface area contributed by atoms with Gasteiger partial charge in [-0.15, -0.1) is 0 Å². The molecule has 0 bridgehead atoms. The number of nitrogen functional groups attached to an aromatic ring is 1. The van der Waals surface area contributed by atoms with Crippen molar-refractivity contribution in [3.8, 4) is 11.8 Å². The number of carbonyl (C=O) groups is 1. The molecule has 0 radical (unpaired) electrons. The van der Waals surface area contributed by atoms with Crippen LogP contribution in [0.25, 0.3) is 0 Å². The minimum absolute atomic E-state index is 0.0200. The molecule has 0 saturated carbocycles. The number of nitrogens with zero attached hydrogens (tertiary/aromatic N) is 2. The van der Waals surface area contributed by atoms with Crippen molar-refractivity contribution in [1.82, 2.24) is 10.3 Å². The van der Waals surface area contributed by atoms with Crippen LogP contribution in [0.3, 0.4) is 0 Å². The Labute approximate surface area is 107 Å². The minimum atomic E-state index is -0.669. The summed E-state index contributed by atoms with van der Waals surface area (Å²) in [4.78, 5) is 24.2. The molecule has 0 spiro atoms. The van der Waals surface area contributed by atoms with Crippen molar-refractivity contribution in [3.63, 3.8) is 0 Å². The summed E-state index contributed by atoms with van der Waals surface area (Å²) in [6.45, 7) is 1.47. The van der Waals surface area contributed by atoms with Crippen molar-refractivity contribution in [2.75, 3.05) is 12.3 Å². The van der Waals surface area contributed by atoms with Gasteiger partial charge < -0.3 is 11.1 Å². The molecule has 0 atom stereocenters. The number of carbonyl (C=O) groups excluding carboxylic acids is 1. The smallest absolute Gasteiger partial charge is 0.312 e. The van der Waals surface area contributed by atoms with E-state index in [2.05, 4.69) is 22.1 Å². The van der Waals surface area contributed by atoms with Crippen molar-refractivity contribution in [2.45, 2.75) is 6.92 Å². The van der Waals surface area contributed by atoms with Gasteiger partial charge in [0.1, 0.15) is 5.15 Å². The second-order valence-electron chi connectivity index (χ2n) is 3.20. The second-order valence-corrected chi connectivity index (χ2v) is 3.56. The third-order valence-electron chi connectivity index (χ3n) is 1.83. The van der Waals surface area contributed by atoms with E-state index in [4.69, 9.17) is 17.3 Å². The Hall–Kier alpha value is -2.33. The van der Waals surface area contributed by atoms with E-state index in [0.717, 1.165) is 6.07 Å². The predicted octanol–water partition coefficient (Wildman–Crippen LogP) is 0.713. The summed E-state index contributed by atoms with van der Waals surface area (Å²) < 4.78 is 0. The Morgan fingerprint density at radius 3 is 2.94 bits per heavy atom. The van der Waals surface area contributed by atoms with E-state index in [1.165, 1.54) is 6.92 Å². The molecule has 3 N–H and O–H groups in total. The van der Waals surface area contributed by atoms with Gasteiger partial charge in [0, 0.05) is 13.0 Å². The van der Waals surface area contributed by atoms with Crippen LogP contribution in [-0.2, 0) is 4.79 Å². The molecule has 1 heterocycles. The number of amides is 1. The summed E-state index contributed by atoms with van der Waals surface area (Å²) in [6, 6.07) is 1.14. The zero-order valence-electron chi connectivity index (χ0n) is 9.36. The number of hydrogen-bond acceptors (Lipinski definition) is 5. The molecule has 0 aliphatic carbocycles. The molecule has 0 aliphatic heterocycles. The van der Waals surface area contributed by atoms with E-state index >= 15 is 0 Å². The first kappa shape index (κ1) is 13.7. The van der Waals surface area contributed by atoms with Gasteiger partial charge in [-0.2, -0.15) is 0 Å². The van der Waals surface area contributed by atoms with Gasteiger partial charge in [-0.1, -0.05) is 23.4 Å². The molecule has 18 heavy (non-hydrogen) atoms. The van der Waals surface area contributed by atoms with Crippen LogP contribution in [-0.4, -0.2) is 22.4 Å². The number of rotatable bonds is 2. The molecular weight excluding hydrogens is 260 g/mol. The summed E-state index contributed by atoms with van der Waals surface area (Å²) in [7, 11) is 0. The van der Waals surface area contributed by atoms with E-state index in [-0.39, 0.29) is 34.7 Å². The lowest BCUT2D eigenvalue weighted by Crippen LogP contribution is -2.19. The molecule has 1 aromatic rings. The Balaban J connectivity index is 2.98. The minimum Gasteiger partial charge on any atom is -0.378 e. The number of nitro groups is 1. The molecule has 0 saturated heterocycles. The number of nitrogens with one attached hydrogen (secondary N) is 1. The van der Waals surface area contributed by atoms with Crippen molar-refractivity contribution in [3.05, 3.63) is 26.9 Å². The average molecular weight is 269 g/mol. The number of aromatic nitrogens is 1. The molecule has 94 valence electrons. The third-order valence-corrected chi connectivity index (χ3v) is 2.12. The normalized spacial score (nSPS) is 9.22. The highest BCUT2D eigenvalue weighted by molar-refractivity contribution is 6.30. The highest BCUT2D eigenvalue weighted by atomic mass is 35.5. The quantitative estimate of drug-likeness (QED) is 0.355. The number of anilines is 1. The number of nitrogens with two attached hydrogens (primary N) is 1. The van der Waals surface area contributed by atoms with Crippen LogP contribution in [0.4, 0.5) is 11.5 Å². The summed E-state index contributed by atoms with van der Waals surface area (Å²) in [5.41, 5.74) is 5.17. The van der Waals surface area contributed by atoms with Crippen molar-refractivity contribution >= 4 is 29.0 Å². The monoisotopic (exact) mass is 268 g/mol. The van der Waals surface area contributed by atoms with Gasteiger partial charge in [-0.05, 0) is 0 Å². The van der Waals surface area contributed by atoms with Crippen LogP contribution >= 0.6 is 11.6 Å². The molecular formula is C10H9ClN4O3. The topological polar surface area (TPSA) is 111 Å². The highest BCUT2D eigenvalue weighted by Gasteiger charge is 2.15. The molecule has 0 aliphatic rings. The maximum absolute atomic E-state index is 10.6.